The number of carbonyl (C=O) groups is 6. The summed E-state index contributed by atoms with van der Waals surface area (Å²) in [6.07, 6.45) is -0.830. The zero-order chi connectivity index (χ0) is 43.6. The summed E-state index contributed by atoms with van der Waals surface area (Å²) in [5.41, 5.74) is 1.52. The summed E-state index contributed by atoms with van der Waals surface area (Å²) in [6.45, 7) is 0. The van der Waals surface area contributed by atoms with E-state index in [4.69, 9.17) is 0 Å². The van der Waals surface area contributed by atoms with Crippen LogP contribution in [-0.4, -0.2) is 59.7 Å². The van der Waals surface area contributed by atoms with E-state index in [2.05, 4.69) is 41.9 Å². The lowest BCUT2D eigenvalue weighted by molar-refractivity contribution is -0.124. The smallest absolute Gasteiger partial charge is 0.256 e. The normalized spacial score (nSPS) is 20.9. The van der Waals surface area contributed by atoms with Gasteiger partial charge in [-0.05, 0) is 77.9 Å². The Morgan fingerprint density at radius 2 is 0.839 bits per heavy atom. The number of nitrogens with one attached hydrogen (secondary N) is 6. The Labute approximate surface area is 367 Å². The topological polar surface area (TPSA) is 200 Å². The molecule has 4 unspecified atom stereocenters. The maximum atomic E-state index is 14.1. The van der Waals surface area contributed by atoms with Crippen molar-refractivity contribution in [3.63, 3.8) is 0 Å². The van der Waals surface area contributed by atoms with Gasteiger partial charge in [0, 0.05) is 41.9 Å². The van der Waals surface area contributed by atoms with Crippen molar-refractivity contribution in [1.82, 2.24) is 20.6 Å². The molecule has 14 nitrogen and oxygen atoms in total. The molecule has 8 bridgehead atoms. The molecule has 62 heavy (non-hydrogen) atoms. The zero-order valence-electron chi connectivity index (χ0n) is 32.6. The molecule has 0 saturated carbocycles. The summed E-state index contributed by atoms with van der Waals surface area (Å²) in [7, 11) is 0. The third kappa shape index (κ3) is 11.9. The highest BCUT2D eigenvalue weighted by Crippen LogP contribution is 2.51. The minimum atomic E-state index is -0.652. The van der Waals surface area contributed by atoms with Gasteiger partial charge < -0.3 is 31.9 Å². The van der Waals surface area contributed by atoms with Crippen LogP contribution < -0.4 is 31.9 Å². The van der Waals surface area contributed by atoms with Gasteiger partial charge in [0.2, 0.25) is 23.6 Å². The van der Waals surface area contributed by atoms with Crippen LogP contribution in [0, 0.1) is 11.6 Å². The van der Waals surface area contributed by atoms with Crippen LogP contribution in [0.3, 0.4) is 0 Å². The average molecular weight is 897 g/mol. The molecule has 3 aromatic carbocycles. The predicted molar refractivity (Wildman–Crippen MR) is 236 cm³/mol. The van der Waals surface area contributed by atoms with Crippen LogP contribution >= 0.6 is 35.3 Å². The molecule has 0 radical (unpaired) electrons. The quantitative estimate of drug-likeness (QED) is 0.104. The molecule has 4 atom stereocenters. The molecule has 2 aliphatic rings. The summed E-state index contributed by atoms with van der Waals surface area (Å²) in [6, 6.07) is 25.4. The minimum absolute atomic E-state index is 0.116. The molecule has 5 aromatic rings. The highest BCUT2D eigenvalue weighted by molar-refractivity contribution is 8.33. The first kappa shape index (κ1) is 43.8. The number of hydrogen-bond donors (Lipinski definition) is 6. The van der Waals surface area contributed by atoms with Gasteiger partial charge in [0.15, 0.2) is 0 Å². The maximum Gasteiger partial charge on any atom is 0.256 e. The molecule has 1 fully saturated rings. The highest BCUT2D eigenvalue weighted by Gasteiger charge is 2.37. The molecule has 0 aliphatic carbocycles. The van der Waals surface area contributed by atoms with Gasteiger partial charge in [0.25, 0.3) is 11.8 Å². The summed E-state index contributed by atoms with van der Waals surface area (Å²) < 4.78 is 27.5. The van der Waals surface area contributed by atoms with Gasteiger partial charge in [-0.2, -0.15) is 0 Å². The largest absolute Gasteiger partial charge is 0.347 e. The van der Waals surface area contributed by atoms with Gasteiger partial charge in [-0.3, -0.25) is 28.8 Å². The summed E-state index contributed by atoms with van der Waals surface area (Å²) in [5.74, 6) is -3.52. The van der Waals surface area contributed by atoms with E-state index in [-0.39, 0.29) is 69.2 Å². The van der Waals surface area contributed by atoms with Crippen molar-refractivity contribution >= 4 is 94.0 Å². The number of carbonyl (C=O) groups excluding carboxylic acids is 6. The summed E-state index contributed by atoms with van der Waals surface area (Å²) in [5, 5.41) is 17.2. The van der Waals surface area contributed by atoms with E-state index >= 15 is 0 Å². The Kier molecular flexibility index (Phi) is 14.5. The molecule has 2 aromatic heterocycles. The first-order valence-corrected chi connectivity index (χ1v) is 22.2. The van der Waals surface area contributed by atoms with E-state index in [1.54, 1.807) is 59.9 Å². The van der Waals surface area contributed by atoms with E-state index in [1.807, 2.05) is 0 Å². The molecule has 1 saturated heterocycles. The second-order valence-electron chi connectivity index (χ2n) is 13.9. The number of nitrogens with zero attached hydrogens (tertiary/aromatic N) is 2. The minimum Gasteiger partial charge on any atom is -0.347 e. The van der Waals surface area contributed by atoms with Gasteiger partial charge in [0.05, 0.1) is 21.2 Å². The van der Waals surface area contributed by atoms with E-state index in [0.717, 1.165) is 0 Å². The highest BCUT2D eigenvalue weighted by atomic mass is 32.3. The number of fused-ring (bicyclic) bond motifs is 8. The number of aromatic nitrogens is 2. The van der Waals surface area contributed by atoms with Crippen molar-refractivity contribution in [2.75, 3.05) is 26.4 Å². The van der Waals surface area contributed by atoms with Crippen LogP contribution in [-0.2, 0) is 19.2 Å². The van der Waals surface area contributed by atoms with Crippen molar-refractivity contribution in [3.8, 4) is 0 Å². The van der Waals surface area contributed by atoms with Crippen molar-refractivity contribution < 1.29 is 37.5 Å². The third-order valence-electron chi connectivity index (χ3n) is 9.43. The van der Waals surface area contributed by atoms with Crippen LogP contribution in [0.15, 0.2) is 109 Å². The van der Waals surface area contributed by atoms with Gasteiger partial charge in [-0.1, -0.05) is 42.5 Å². The zero-order valence-corrected chi connectivity index (χ0v) is 35.0. The SMILES string of the molecule is O=C1CCC(=O)NC(c2ccc(F)cc2)C2SCSC(S2)C(c2ccc(F)cc2)NC(=O)CCC(=O)Nc2cccc(n2)NC(=O)c2cccc(c2)C(=O)Nc2cccc(n2)N1. The molecule has 318 valence electrons. The van der Waals surface area contributed by atoms with Gasteiger partial charge >= 0.3 is 0 Å². The summed E-state index contributed by atoms with van der Waals surface area (Å²) >= 11 is 4.56. The van der Waals surface area contributed by atoms with Crippen LogP contribution in [0.25, 0.3) is 0 Å². The molecule has 6 N–H and O–H groups in total. The van der Waals surface area contributed by atoms with Gasteiger partial charge in [-0.15, -0.1) is 35.3 Å². The number of thioether (sulfide) groups is 3. The Morgan fingerprint density at radius 1 is 0.468 bits per heavy atom. The number of benzene rings is 3. The standard InChI is InChI=1S/C43H38F2N8O6S3/c44-28-14-10-24(11-15-28)38-42-60-23-61-43(62-42)39(25-12-16-29(45)17-13-25)53-37(57)21-19-35(55)49-31-7-3-9-33(47-31)51-41(59)27-5-1-4-26(22-27)40(58)50-32-8-2-6-30(46-32)48-34(54)18-20-36(56)52-38/h1-17,22,38-39,42-43H,18-21,23H2,(H,52,56)(H,53,57)(H2,46,48,50,54,58)(H2,47,49,51,55,59). The van der Waals surface area contributed by atoms with Crippen LogP contribution in [0.5, 0.6) is 0 Å². The molecular weight excluding hydrogens is 859 g/mol. The average Bonchev–Trinajstić information content (AvgIpc) is 3.27. The second-order valence-corrected chi connectivity index (χ2v) is 18.4. The number of halogens is 2. The Morgan fingerprint density at radius 3 is 1.26 bits per heavy atom. The van der Waals surface area contributed by atoms with E-state index in [9.17, 15) is 37.5 Å². The predicted octanol–water partition coefficient (Wildman–Crippen LogP) is 7.25. The Hall–Kier alpha value is -6.31. The van der Waals surface area contributed by atoms with Crippen molar-refractivity contribution in [2.45, 2.75) is 46.9 Å². The number of anilines is 4. The van der Waals surface area contributed by atoms with Crippen LogP contribution in [0.1, 0.15) is 69.6 Å². The molecular formula is C43H38F2N8O6S3. The fourth-order valence-electron chi connectivity index (χ4n) is 6.37. The molecule has 6 amide bonds. The number of amides is 6. The lowest BCUT2D eigenvalue weighted by atomic mass is 10.1. The third-order valence-corrected chi connectivity index (χ3v) is 14.3. The van der Waals surface area contributed by atoms with Gasteiger partial charge in [0.1, 0.15) is 34.9 Å². The molecule has 0 spiro atoms. The lowest BCUT2D eigenvalue weighted by Gasteiger charge is -2.37. The fraction of sp³-hybridized carbons (Fsp3) is 0.209. The number of rotatable bonds is 2. The first-order valence-electron chi connectivity index (χ1n) is 19.2. The maximum absolute atomic E-state index is 14.1. The molecule has 4 heterocycles. The molecule has 19 heteroatoms. The monoisotopic (exact) mass is 896 g/mol. The van der Waals surface area contributed by atoms with Crippen molar-refractivity contribution in [1.29, 1.82) is 0 Å². The van der Waals surface area contributed by atoms with Crippen molar-refractivity contribution in [2.24, 2.45) is 0 Å². The Bertz CT molecular complexity index is 2320. The Balaban J connectivity index is 1.15. The first-order chi connectivity index (χ1) is 29.9. The molecule has 7 rings (SSSR count). The second kappa shape index (κ2) is 20.5. The van der Waals surface area contributed by atoms with E-state index < -0.39 is 59.2 Å². The fourth-order valence-corrected chi connectivity index (χ4v) is 12.2. The lowest BCUT2D eigenvalue weighted by Crippen LogP contribution is -2.39. The van der Waals surface area contributed by atoms with Gasteiger partial charge in [-0.25, -0.2) is 18.7 Å². The molecule has 2 aliphatic heterocycles. The van der Waals surface area contributed by atoms with E-state index in [1.165, 1.54) is 84.6 Å². The van der Waals surface area contributed by atoms with Crippen LogP contribution in [0.4, 0.5) is 32.1 Å². The number of hydrogen-bond acceptors (Lipinski definition) is 11. The summed E-state index contributed by atoms with van der Waals surface area (Å²) in [4.78, 5) is 88.2. The van der Waals surface area contributed by atoms with Crippen molar-refractivity contribution in [3.05, 3.63) is 143 Å². The van der Waals surface area contributed by atoms with E-state index in [0.29, 0.717) is 16.2 Å². The number of pyridine rings is 2. The van der Waals surface area contributed by atoms with Crippen LogP contribution in [0.2, 0.25) is 0 Å².